The Kier molecular flexibility index (Phi) is 46.4. The summed E-state index contributed by atoms with van der Waals surface area (Å²) < 4.78 is 16.7. The number of rotatable bonds is 46. The predicted octanol–water partition coefficient (Wildman–Crippen LogP) is 16.5. The topological polar surface area (TPSA) is 78.9 Å². The summed E-state index contributed by atoms with van der Waals surface area (Å²) in [6.07, 6.45) is 55.6. The van der Waals surface area contributed by atoms with Crippen molar-refractivity contribution in [2.75, 3.05) is 13.2 Å². The van der Waals surface area contributed by atoms with E-state index in [4.69, 9.17) is 14.2 Å². The second-order valence-corrected chi connectivity index (χ2v) is 17.1. The van der Waals surface area contributed by atoms with Crippen molar-refractivity contribution in [2.45, 2.75) is 271 Å². The zero-order valence-corrected chi connectivity index (χ0v) is 39.3. The molecule has 0 aliphatic carbocycles. The Morgan fingerprint density at radius 1 is 0.356 bits per heavy atom. The van der Waals surface area contributed by atoms with Crippen molar-refractivity contribution in [2.24, 2.45) is 0 Å². The number of allylic oxidation sites excluding steroid dienone is 6. The van der Waals surface area contributed by atoms with Gasteiger partial charge in [-0.15, -0.1) is 0 Å². The molecule has 1 unspecified atom stereocenters. The first-order valence-electron chi connectivity index (χ1n) is 25.5. The predicted molar refractivity (Wildman–Crippen MR) is 252 cm³/mol. The van der Waals surface area contributed by atoms with Gasteiger partial charge in [0.05, 0.1) is 0 Å². The Morgan fingerprint density at radius 3 is 1.03 bits per heavy atom. The molecule has 0 heterocycles. The third-order valence-electron chi connectivity index (χ3n) is 11.2. The van der Waals surface area contributed by atoms with E-state index in [1.165, 1.54) is 135 Å². The molecule has 0 aliphatic rings. The van der Waals surface area contributed by atoms with Gasteiger partial charge in [0, 0.05) is 19.3 Å². The van der Waals surface area contributed by atoms with Crippen molar-refractivity contribution in [3.8, 4) is 0 Å². The highest BCUT2D eigenvalue weighted by Crippen LogP contribution is 2.16. The molecule has 0 aromatic heterocycles. The molecule has 0 aromatic rings. The van der Waals surface area contributed by atoms with Crippen molar-refractivity contribution in [1.82, 2.24) is 0 Å². The van der Waals surface area contributed by atoms with Crippen molar-refractivity contribution in [1.29, 1.82) is 0 Å². The van der Waals surface area contributed by atoms with Crippen LogP contribution >= 0.6 is 0 Å². The molecular formula is C53H96O6. The molecule has 0 spiro atoms. The first-order chi connectivity index (χ1) is 29.0. The Balaban J connectivity index is 4.29. The van der Waals surface area contributed by atoms with E-state index in [1.807, 2.05) is 0 Å². The minimum Gasteiger partial charge on any atom is -0.462 e. The van der Waals surface area contributed by atoms with Crippen molar-refractivity contribution < 1.29 is 28.6 Å². The van der Waals surface area contributed by atoms with E-state index in [2.05, 4.69) is 57.2 Å². The molecule has 59 heavy (non-hydrogen) atoms. The van der Waals surface area contributed by atoms with Gasteiger partial charge < -0.3 is 14.2 Å². The van der Waals surface area contributed by atoms with Crippen molar-refractivity contribution in [3.05, 3.63) is 36.5 Å². The summed E-state index contributed by atoms with van der Waals surface area (Å²) in [5, 5.41) is 0. The Hall–Kier alpha value is -2.37. The van der Waals surface area contributed by atoms with E-state index in [9.17, 15) is 14.4 Å². The zero-order valence-electron chi connectivity index (χ0n) is 39.3. The maximum Gasteiger partial charge on any atom is 0.306 e. The molecule has 0 amide bonds. The van der Waals surface area contributed by atoms with Gasteiger partial charge in [-0.1, -0.05) is 231 Å². The van der Waals surface area contributed by atoms with Crippen LogP contribution in [0.25, 0.3) is 0 Å². The van der Waals surface area contributed by atoms with Crippen LogP contribution in [0.15, 0.2) is 36.5 Å². The van der Waals surface area contributed by atoms with Gasteiger partial charge in [-0.2, -0.15) is 0 Å². The Labute approximate surface area is 365 Å². The van der Waals surface area contributed by atoms with Crippen LogP contribution in [-0.4, -0.2) is 37.2 Å². The zero-order chi connectivity index (χ0) is 43.0. The fourth-order valence-electron chi connectivity index (χ4n) is 7.34. The number of unbranched alkanes of at least 4 members (excludes halogenated alkanes) is 29. The van der Waals surface area contributed by atoms with Gasteiger partial charge in [-0.25, -0.2) is 0 Å². The first kappa shape index (κ1) is 56.6. The lowest BCUT2D eigenvalue weighted by atomic mass is 10.0. The average Bonchev–Trinajstić information content (AvgIpc) is 3.23. The third-order valence-corrected chi connectivity index (χ3v) is 11.2. The summed E-state index contributed by atoms with van der Waals surface area (Å²) in [5.74, 6) is -0.893. The van der Waals surface area contributed by atoms with Gasteiger partial charge in [0.2, 0.25) is 0 Å². The largest absolute Gasteiger partial charge is 0.462 e. The van der Waals surface area contributed by atoms with E-state index < -0.39 is 6.10 Å². The molecule has 0 aliphatic heterocycles. The summed E-state index contributed by atoms with van der Waals surface area (Å²) in [5.41, 5.74) is 0. The summed E-state index contributed by atoms with van der Waals surface area (Å²) in [4.78, 5) is 37.8. The van der Waals surface area contributed by atoms with Gasteiger partial charge >= 0.3 is 17.9 Å². The Bertz CT molecular complexity index is 1000. The third kappa shape index (κ3) is 46.5. The van der Waals surface area contributed by atoms with Crippen molar-refractivity contribution in [3.63, 3.8) is 0 Å². The molecule has 1 atom stereocenters. The van der Waals surface area contributed by atoms with Crippen LogP contribution < -0.4 is 0 Å². The number of esters is 3. The lowest BCUT2D eigenvalue weighted by Crippen LogP contribution is -2.30. The summed E-state index contributed by atoms with van der Waals surface area (Å²) in [6.45, 7) is 6.51. The van der Waals surface area contributed by atoms with Crippen LogP contribution in [0.1, 0.15) is 265 Å². The lowest BCUT2D eigenvalue weighted by molar-refractivity contribution is -0.167. The van der Waals surface area contributed by atoms with Crippen LogP contribution in [0.5, 0.6) is 0 Å². The highest BCUT2D eigenvalue weighted by molar-refractivity contribution is 5.71. The molecule has 6 nitrogen and oxygen atoms in total. The van der Waals surface area contributed by atoms with E-state index in [0.717, 1.165) is 89.9 Å². The second kappa shape index (κ2) is 48.3. The molecule has 0 saturated heterocycles. The van der Waals surface area contributed by atoms with E-state index in [1.54, 1.807) is 0 Å². The Morgan fingerprint density at radius 2 is 0.661 bits per heavy atom. The molecule has 6 heteroatoms. The SMILES string of the molecule is CC/C=C\C/C=C\C/C=C\CCCCCCC(=O)OC(COC(=O)CCCCCCCCCCC)COC(=O)CCCCCCCCCCCCCCCCCCCC. The first-order valence-corrected chi connectivity index (χ1v) is 25.5. The molecule has 0 radical (unpaired) electrons. The standard InChI is InChI=1S/C53H96O6/c1-4-7-10-13-16-19-21-23-25-26-27-28-30-31-34-37-40-43-46-52(55)58-49-50(48-57-51(54)45-42-39-36-33-18-15-12-9-6-3)59-53(56)47-44-41-38-35-32-29-24-22-20-17-14-11-8-5-2/h8,11,17,20,24,29,50H,4-7,9-10,12-16,18-19,21-23,25-28,30-49H2,1-3H3/b11-8-,20-17-,29-24-. The number of carbonyl (C=O) groups is 3. The minimum absolute atomic E-state index is 0.0775. The highest BCUT2D eigenvalue weighted by atomic mass is 16.6. The number of ether oxygens (including phenoxy) is 3. The normalized spacial score (nSPS) is 12.3. The van der Waals surface area contributed by atoms with E-state index >= 15 is 0 Å². The average molecular weight is 829 g/mol. The van der Waals surface area contributed by atoms with Gasteiger partial charge in [0.25, 0.3) is 0 Å². The minimum atomic E-state index is -0.777. The van der Waals surface area contributed by atoms with Crippen LogP contribution in [0, 0.1) is 0 Å². The summed E-state index contributed by atoms with van der Waals surface area (Å²) in [7, 11) is 0. The molecule has 0 fully saturated rings. The van der Waals surface area contributed by atoms with Crippen LogP contribution in [0.4, 0.5) is 0 Å². The fraction of sp³-hybridized carbons (Fsp3) is 0.830. The molecule has 344 valence electrons. The van der Waals surface area contributed by atoms with Gasteiger partial charge in [0.1, 0.15) is 13.2 Å². The highest BCUT2D eigenvalue weighted by Gasteiger charge is 2.19. The van der Waals surface area contributed by atoms with Crippen LogP contribution in [0.3, 0.4) is 0 Å². The molecule has 0 aromatic carbocycles. The van der Waals surface area contributed by atoms with Gasteiger partial charge in [-0.05, 0) is 51.4 Å². The van der Waals surface area contributed by atoms with Crippen LogP contribution in [0.2, 0.25) is 0 Å². The van der Waals surface area contributed by atoms with E-state index in [-0.39, 0.29) is 31.1 Å². The van der Waals surface area contributed by atoms with Gasteiger partial charge in [0.15, 0.2) is 6.10 Å². The van der Waals surface area contributed by atoms with Crippen molar-refractivity contribution >= 4 is 17.9 Å². The molecule has 0 saturated carbocycles. The molecular weight excluding hydrogens is 733 g/mol. The fourth-order valence-corrected chi connectivity index (χ4v) is 7.34. The molecule has 0 N–H and O–H groups in total. The summed E-state index contributed by atoms with van der Waals surface area (Å²) in [6, 6.07) is 0. The molecule has 0 bridgehead atoms. The molecule has 0 rings (SSSR count). The van der Waals surface area contributed by atoms with Crippen LogP contribution in [-0.2, 0) is 28.6 Å². The summed E-state index contributed by atoms with van der Waals surface area (Å²) >= 11 is 0. The smallest absolute Gasteiger partial charge is 0.306 e. The quantitative estimate of drug-likeness (QED) is 0.0263. The monoisotopic (exact) mass is 829 g/mol. The maximum absolute atomic E-state index is 12.7. The maximum atomic E-state index is 12.7. The number of carbonyl (C=O) groups excluding carboxylic acids is 3. The second-order valence-electron chi connectivity index (χ2n) is 17.1. The lowest BCUT2D eigenvalue weighted by Gasteiger charge is -2.18. The number of hydrogen-bond acceptors (Lipinski definition) is 6. The van der Waals surface area contributed by atoms with E-state index in [0.29, 0.717) is 19.3 Å². The van der Waals surface area contributed by atoms with Gasteiger partial charge in [-0.3, -0.25) is 14.4 Å². The number of hydrogen-bond donors (Lipinski definition) is 0.